The topological polar surface area (TPSA) is 84.2 Å². The van der Waals surface area contributed by atoms with Gasteiger partial charge in [-0.3, -0.25) is 9.78 Å². The van der Waals surface area contributed by atoms with Crippen LogP contribution in [0.4, 0.5) is 5.82 Å². The fourth-order valence-electron chi connectivity index (χ4n) is 4.24. The Hall–Kier alpha value is -3.74. The number of carbonyl (C=O) groups is 1. The van der Waals surface area contributed by atoms with Crippen LogP contribution in [0.2, 0.25) is 0 Å². The number of aryl methyl sites for hydroxylation is 1. The molecule has 0 unspecified atom stereocenters. The number of hydrogen-bond acceptors (Lipinski definition) is 6. The lowest BCUT2D eigenvalue weighted by Crippen LogP contribution is -2.37. The predicted molar refractivity (Wildman–Crippen MR) is 124 cm³/mol. The number of nitrogens with one attached hydrogen (secondary N) is 1. The van der Waals surface area contributed by atoms with Crippen LogP contribution < -0.4 is 5.32 Å². The summed E-state index contributed by atoms with van der Waals surface area (Å²) in [5, 5.41) is 4.10. The average Bonchev–Trinajstić information content (AvgIpc) is 3.27. The summed E-state index contributed by atoms with van der Waals surface area (Å²) in [5.41, 5.74) is 3.83. The lowest BCUT2D eigenvalue weighted by molar-refractivity contribution is 0.0682. The Morgan fingerprint density at radius 1 is 1.06 bits per heavy atom. The number of furan rings is 1. The van der Waals surface area contributed by atoms with Gasteiger partial charge in [0.1, 0.15) is 11.4 Å². The summed E-state index contributed by atoms with van der Waals surface area (Å²) in [6, 6.07) is 13.6. The van der Waals surface area contributed by atoms with E-state index in [1.54, 1.807) is 12.4 Å². The molecule has 0 saturated carbocycles. The smallest absolute Gasteiger partial charge is 0.289 e. The van der Waals surface area contributed by atoms with E-state index >= 15 is 0 Å². The fraction of sp³-hybridized carbons (Fsp3) is 0.280. The van der Waals surface area contributed by atoms with Crippen LogP contribution >= 0.6 is 0 Å². The van der Waals surface area contributed by atoms with Crippen LogP contribution in [0.3, 0.4) is 0 Å². The van der Waals surface area contributed by atoms with Gasteiger partial charge < -0.3 is 14.6 Å². The van der Waals surface area contributed by atoms with Crippen molar-refractivity contribution in [2.24, 2.45) is 0 Å². The Morgan fingerprint density at radius 3 is 2.59 bits per heavy atom. The largest absolute Gasteiger partial charge is 0.451 e. The number of anilines is 1. The molecule has 162 valence electrons. The van der Waals surface area contributed by atoms with Crippen LogP contribution in [-0.2, 0) is 0 Å². The first-order valence-corrected chi connectivity index (χ1v) is 10.9. The third-order valence-corrected chi connectivity index (χ3v) is 6.02. The van der Waals surface area contributed by atoms with Crippen LogP contribution in [0, 0.1) is 6.92 Å². The second kappa shape index (κ2) is 8.42. The molecule has 1 aromatic carbocycles. The maximum Gasteiger partial charge on any atom is 0.289 e. The van der Waals surface area contributed by atoms with Crippen molar-refractivity contribution in [3.8, 4) is 11.4 Å². The van der Waals surface area contributed by atoms with Crippen molar-refractivity contribution in [1.82, 2.24) is 19.9 Å². The van der Waals surface area contributed by atoms with Crippen molar-refractivity contribution >= 4 is 22.7 Å². The van der Waals surface area contributed by atoms with Gasteiger partial charge in [-0.1, -0.05) is 11.6 Å². The number of nitrogens with zero attached hydrogens (tertiary/aromatic N) is 4. The molecule has 0 spiro atoms. The minimum atomic E-state index is -0.0478. The van der Waals surface area contributed by atoms with E-state index in [9.17, 15) is 4.79 Å². The fourth-order valence-corrected chi connectivity index (χ4v) is 4.24. The Morgan fingerprint density at radius 2 is 1.84 bits per heavy atom. The minimum Gasteiger partial charge on any atom is -0.451 e. The van der Waals surface area contributed by atoms with Gasteiger partial charge in [-0.05, 0) is 50.1 Å². The summed E-state index contributed by atoms with van der Waals surface area (Å²) in [4.78, 5) is 28.4. The highest BCUT2D eigenvalue weighted by Gasteiger charge is 2.27. The van der Waals surface area contributed by atoms with Crippen molar-refractivity contribution in [2.75, 3.05) is 25.5 Å². The van der Waals surface area contributed by atoms with Crippen molar-refractivity contribution in [2.45, 2.75) is 25.7 Å². The molecule has 5 rings (SSSR count). The summed E-state index contributed by atoms with van der Waals surface area (Å²) < 4.78 is 5.82. The molecule has 1 saturated heterocycles. The highest BCUT2D eigenvalue weighted by molar-refractivity contribution is 5.96. The number of pyridine rings is 1. The summed E-state index contributed by atoms with van der Waals surface area (Å²) >= 11 is 0. The van der Waals surface area contributed by atoms with Gasteiger partial charge in [0, 0.05) is 61.2 Å². The second-order valence-corrected chi connectivity index (χ2v) is 8.21. The van der Waals surface area contributed by atoms with Gasteiger partial charge in [-0.25, -0.2) is 9.97 Å². The first kappa shape index (κ1) is 20.2. The van der Waals surface area contributed by atoms with Crippen molar-refractivity contribution in [1.29, 1.82) is 0 Å². The van der Waals surface area contributed by atoms with Gasteiger partial charge in [0.2, 0.25) is 0 Å². The van der Waals surface area contributed by atoms with Crippen molar-refractivity contribution < 1.29 is 9.21 Å². The molecule has 1 amide bonds. The Balaban J connectivity index is 1.32. The molecule has 1 aliphatic rings. The number of carbonyl (C=O) groups excluding carboxylic acids is 1. The summed E-state index contributed by atoms with van der Waals surface area (Å²) in [6.45, 7) is 3.37. The number of amides is 1. The Bertz CT molecular complexity index is 1260. The Labute approximate surface area is 186 Å². The molecule has 4 aromatic rings. The molecule has 7 nitrogen and oxygen atoms in total. The molecular weight excluding hydrogens is 402 g/mol. The number of likely N-dealkylation sites (tertiary alicyclic amines) is 1. The molecule has 0 radical (unpaired) electrons. The van der Waals surface area contributed by atoms with E-state index in [1.807, 2.05) is 61.3 Å². The van der Waals surface area contributed by atoms with Gasteiger partial charge >= 0.3 is 0 Å². The zero-order valence-corrected chi connectivity index (χ0v) is 18.2. The average molecular weight is 428 g/mol. The zero-order chi connectivity index (χ0) is 22.1. The molecule has 0 bridgehead atoms. The number of piperidine rings is 1. The highest BCUT2D eigenvalue weighted by Crippen LogP contribution is 2.31. The highest BCUT2D eigenvalue weighted by atomic mass is 16.3. The lowest BCUT2D eigenvalue weighted by atomic mass is 9.93. The van der Waals surface area contributed by atoms with Crippen LogP contribution in [-0.4, -0.2) is 45.9 Å². The molecule has 0 aliphatic carbocycles. The maximum atomic E-state index is 13.0. The summed E-state index contributed by atoms with van der Waals surface area (Å²) in [5.74, 6) is 2.10. The second-order valence-electron chi connectivity index (χ2n) is 8.21. The number of fused-ring (bicyclic) bond motifs is 1. The SMILES string of the molecule is CNc1cc(C2CCN(C(=O)c3cc4cc(C)ccc4o3)CC2)nc(-c2ccncc2)n1. The maximum absolute atomic E-state index is 13.0. The quantitative estimate of drug-likeness (QED) is 0.510. The van der Waals surface area contributed by atoms with E-state index in [-0.39, 0.29) is 11.8 Å². The Kier molecular flexibility index (Phi) is 5.31. The van der Waals surface area contributed by atoms with Crippen LogP contribution in [0.15, 0.2) is 59.3 Å². The van der Waals surface area contributed by atoms with E-state index in [0.717, 1.165) is 46.4 Å². The lowest BCUT2D eigenvalue weighted by Gasteiger charge is -2.31. The molecule has 4 heterocycles. The first-order chi connectivity index (χ1) is 15.6. The molecule has 7 heteroatoms. The molecule has 1 aliphatic heterocycles. The normalized spacial score (nSPS) is 14.6. The third kappa shape index (κ3) is 3.93. The molecule has 3 aromatic heterocycles. The number of benzene rings is 1. The van der Waals surface area contributed by atoms with E-state index in [0.29, 0.717) is 24.7 Å². The zero-order valence-electron chi connectivity index (χ0n) is 18.2. The molecule has 1 fully saturated rings. The van der Waals surface area contributed by atoms with E-state index in [1.165, 1.54) is 0 Å². The third-order valence-electron chi connectivity index (χ3n) is 6.02. The van der Waals surface area contributed by atoms with Gasteiger partial charge in [0.05, 0.1) is 0 Å². The minimum absolute atomic E-state index is 0.0478. The monoisotopic (exact) mass is 427 g/mol. The number of hydrogen-bond donors (Lipinski definition) is 1. The van der Waals surface area contributed by atoms with Gasteiger partial charge in [-0.15, -0.1) is 0 Å². The van der Waals surface area contributed by atoms with Gasteiger partial charge in [0.15, 0.2) is 11.6 Å². The molecule has 1 N–H and O–H groups in total. The number of rotatable bonds is 4. The number of aromatic nitrogens is 3. The van der Waals surface area contributed by atoms with Gasteiger partial charge in [0.25, 0.3) is 5.91 Å². The van der Waals surface area contributed by atoms with Crippen LogP contribution in [0.25, 0.3) is 22.4 Å². The molecule has 32 heavy (non-hydrogen) atoms. The van der Waals surface area contributed by atoms with Crippen molar-refractivity contribution in [3.05, 3.63) is 71.9 Å². The predicted octanol–water partition coefficient (Wildman–Crippen LogP) is 4.65. The van der Waals surface area contributed by atoms with Gasteiger partial charge in [-0.2, -0.15) is 0 Å². The van der Waals surface area contributed by atoms with E-state index in [4.69, 9.17) is 9.40 Å². The first-order valence-electron chi connectivity index (χ1n) is 10.9. The standard InChI is InChI=1S/C25H25N5O2/c1-16-3-4-21-19(13-16)14-22(32-21)25(31)30-11-7-17(8-12-30)20-15-23(26-2)29-24(28-20)18-5-9-27-10-6-18/h3-6,9-10,13-15,17H,7-8,11-12H2,1-2H3,(H,26,28,29). The van der Waals surface area contributed by atoms with Crippen LogP contribution in [0.5, 0.6) is 0 Å². The van der Waals surface area contributed by atoms with Crippen molar-refractivity contribution in [3.63, 3.8) is 0 Å². The van der Waals surface area contributed by atoms with E-state index < -0.39 is 0 Å². The summed E-state index contributed by atoms with van der Waals surface area (Å²) in [7, 11) is 1.86. The van der Waals surface area contributed by atoms with E-state index in [2.05, 4.69) is 15.3 Å². The summed E-state index contributed by atoms with van der Waals surface area (Å²) in [6.07, 6.45) is 5.18. The molecular formula is C25H25N5O2. The van der Waals surface area contributed by atoms with Crippen LogP contribution in [0.1, 0.15) is 40.6 Å². The molecule has 0 atom stereocenters.